The van der Waals surface area contributed by atoms with Gasteiger partial charge in [-0.1, -0.05) is 11.6 Å². The van der Waals surface area contributed by atoms with Gasteiger partial charge in [-0.25, -0.2) is 0 Å². The maximum Gasteiger partial charge on any atom is 0.122 e. The molecule has 0 bridgehead atoms. The van der Waals surface area contributed by atoms with E-state index in [1.165, 1.54) is 12.8 Å². The van der Waals surface area contributed by atoms with E-state index >= 15 is 0 Å². The van der Waals surface area contributed by atoms with Crippen LogP contribution in [0, 0.1) is 12.8 Å². The maximum atomic E-state index is 5.90. The van der Waals surface area contributed by atoms with Gasteiger partial charge in [0.15, 0.2) is 0 Å². The minimum atomic E-state index is 0.642. The number of ether oxygens (including phenoxy) is 1. The standard InChI is InChI=1S/C13H18ClNO/c1-10-7-12(14)4-5-13(10)16-9-11-3-2-6-15-8-11/h4-5,7,11,15H,2-3,6,8-9H2,1H3. The Bertz CT molecular complexity index is 348. The van der Waals surface area contributed by atoms with Crippen LogP contribution in [0.15, 0.2) is 18.2 Å². The second-order valence-electron chi connectivity index (χ2n) is 4.43. The number of nitrogens with one attached hydrogen (secondary N) is 1. The van der Waals surface area contributed by atoms with Crippen molar-refractivity contribution in [2.45, 2.75) is 19.8 Å². The lowest BCUT2D eigenvalue weighted by atomic mass is 10.0. The van der Waals surface area contributed by atoms with Gasteiger partial charge in [0.1, 0.15) is 5.75 Å². The first kappa shape index (κ1) is 11.7. The zero-order chi connectivity index (χ0) is 11.4. The summed E-state index contributed by atoms with van der Waals surface area (Å²) in [6, 6.07) is 5.77. The second-order valence-corrected chi connectivity index (χ2v) is 4.87. The summed E-state index contributed by atoms with van der Waals surface area (Å²) in [5.74, 6) is 1.60. The summed E-state index contributed by atoms with van der Waals surface area (Å²) in [5, 5.41) is 4.16. The largest absolute Gasteiger partial charge is 0.493 e. The molecule has 1 aromatic carbocycles. The Morgan fingerprint density at radius 1 is 1.50 bits per heavy atom. The number of rotatable bonds is 3. The van der Waals surface area contributed by atoms with Crippen molar-refractivity contribution < 1.29 is 4.74 Å². The van der Waals surface area contributed by atoms with Crippen molar-refractivity contribution in [3.8, 4) is 5.75 Å². The molecule has 0 aliphatic carbocycles. The van der Waals surface area contributed by atoms with E-state index in [1.54, 1.807) is 0 Å². The van der Waals surface area contributed by atoms with E-state index in [0.29, 0.717) is 5.92 Å². The SMILES string of the molecule is Cc1cc(Cl)ccc1OCC1CCCNC1. The number of benzene rings is 1. The molecule has 1 aliphatic rings. The van der Waals surface area contributed by atoms with E-state index in [0.717, 1.165) is 36.0 Å². The molecule has 1 aliphatic heterocycles. The molecule has 0 amide bonds. The third-order valence-corrected chi connectivity index (χ3v) is 3.25. The molecule has 0 radical (unpaired) electrons. The Labute approximate surface area is 102 Å². The molecule has 3 heteroatoms. The molecule has 0 saturated carbocycles. The predicted octanol–water partition coefficient (Wildman–Crippen LogP) is 3.03. The fraction of sp³-hybridized carbons (Fsp3) is 0.538. The molecular formula is C13H18ClNO. The van der Waals surface area contributed by atoms with Crippen LogP contribution in [0.25, 0.3) is 0 Å². The third kappa shape index (κ3) is 3.13. The van der Waals surface area contributed by atoms with Crippen molar-refractivity contribution in [1.82, 2.24) is 5.32 Å². The van der Waals surface area contributed by atoms with Crippen LogP contribution in [0.4, 0.5) is 0 Å². The Morgan fingerprint density at radius 3 is 3.06 bits per heavy atom. The fourth-order valence-corrected chi connectivity index (χ4v) is 2.28. The average Bonchev–Trinajstić information content (AvgIpc) is 2.29. The van der Waals surface area contributed by atoms with Crippen molar-refractivity contribution >= 4 is 11.6 Å². The van der Waals surface area contributed by atoms with Gasteiger partial charge >= 0.3 is 0 Å². The number of hydrogen-bond donors (Lipinski definition) is 1. The average molecular weight is 240 g/mol. The van der Waals surface area contributed by atoms with Gasteiger partial charge < -0.3 is 10.1 Å². The molecule has 1 aromatic rings. The summed E-state index contributed by atoms with van der Waals surface area (Å²) in [4.78, 5) is 0. The van der Waals surface area contributed by atoms with Gasteiger partial charge in [-0.2, -0.15) is 0 Å². The highest BCUT2D eigenvalue weighted by atomic mass is 35.5. The number of piperidine rings is 1. The highest BCUT2D eigenvalue weighted by Gasteiger charge is 2.13. The normalized spacial score (nSPS) is 20.8. The highest BCUT2D eigenvalue weighted by molar-refractivity contribution is 6.30. The molecule has 2 rings (SSSR count). The first-order valence-electron chi connectivity index (χ1n) is 5.85. The van der Waals surface area contributed by atoms with E-state index in [2.05, 4.69) is 5.32 Å². The molecule has 0 spiro atoms. The first-order chi connectivity index (χ1) is 7.75. The minimum absolute atomic E-state index is 0.642. The van der Waals surface area contributed by atoms with Crippen LogP contribution in [-0.4, -0.2) is 19.7 Å². The molecule has 1 N–H and O–H groups in total. The fourth-order valence-electron chi connectivity index (χ4n) is 2.05. The van der Waals surface area contributed by atoms with Crippen LogP contribution in [0.3, 0.4) is 0 Å². The van der Waals surface area contributed by atoms with Gasteiger partial charge in [-0.05, 0) is 50.1 Å². The minimum Gasteiger partial charge on any atom is -0.493 e. The lowest BCUT2D eigenvalue weighted by Crippen LogP contribution is -2.33. The second kappa shape index (κ2) is 5.55. The predicted molar refractivity (Wildman–Crippen MR) is 67.3 cm³/mol. The van der Waals surface area contributed by atoms with E-state index in [-0.39, 0.29) is 0 Å². The summed E-state index contributed by atoms with van der Waals surface area (Å²) in [6.45, 7) is 5.05. The Kier molecular flexibility index (Phi) is 4.08. The van der Waals surface area contributed by atoms with Crippen molar-refractivity contribution in [2.75, 3.05) is 19.7 Å². The maximum absolute atomic E-state index is 5.90. The summed E-state index contributed by atoms with van der Waals surface area (Å²) in [7, 11) is 0. The van der Waals surface area contributed by atoms with Crippen LogP contribution in [0.1, 0.15) is 18.4 Å². The summed E-state index contributed by atoms with van der Waals surface area (Å²) in [5.41, 5.74) is 1.11. The summed E-state index contributed by atoms with van der Waals surface area (Å²) < 4.78 is 5.83. The third-order valence-electron chi connectivity index (χ3n) is 3.01. The topological polar surface area (TPSA) is 21.3 Å². The summed E-state index contributed by atoms with van der Waals surface area (Å²) in [6.07, 6.45) is 2.52. The van der Waals surface area contributed by atoms with Gasteiger partial charge in [0.05, 0.1) is 6.61 Å². The lowest BCUT2D eigenvalue weighted by Gasteiger charge is -2.23. The molecule has 2 nitrogen and oxygen atoms in total. The van der Waals surface area contributed by atoms with Gasteiger partial charge in [-0.3, -0.25) is 0 Å². The van der Waals surface area contributed by atoms with Crippen LogP contribution < -0.4 is 10.1 Å². The Balaban J connectivity index is 1.88. The zero-order valence-electron chi connectivity index (χ0n) is 9.63. The van der Waals surface area contributed by atoms with Gasteiger partial charge in [0.2, 0.25) is 0 Å². The molecule has 1 saturated heterocycles. The lowest BCUT2D eigenvalue weighted by molar-refractivity contribution is 0.217. The van der Waals surface area contributed by atoms with Crippen LogP contribution >= 0.6 is 11.6 Å². The molecule has 1 unspecified atom stereocenters. The molecule has 0 aromatic heterocycles. The monoisotopic (exact) mass is 239 g/mol. The van der Waals surface area contributed by atoms with Crippen molar-refractivity contribution in [2.24, 2.45) is 5.92 Å². The molecule has 88 valence electrons. The van der Waals surface area contributed by atoms with Gasteiger partial charge in [-0.15, -0.1) is 0 Å². The summed E-state index contributed by atoms with van der Waals surface area (Å²) >= 11 is 5.90. The molecule has 1 fully saturated rings. The van der Waals surface area contributed by atoms with Gasteiger partial charge in [0, 0.05) is 17.5 Å². The van der Waals surface area contributed by atoms with Crippen LogP contribution in [-0.2, 0) is 0 Å². The van der Waals surface area contributed by atoms with Crippen molar-refractivity contribution in [3.63, 3.8) is 0 Å². The molecular weight excluding hydrogens is 222 g/mol. The van der Waals surface area contributed by atoms with Crippen molar-refractivity contribution in [3.05, 3.63) is 28.8 Å². The molecule has 1 heterocycles. The highest BCUT2D eigenvalue weighted by Crippen LogP contribution is 2.23. The number of halogens is 1. The first-order valence-corrected chi connectivity index (χ1v) is 6.23. The smallest absolute Gasteiger partial charge is 0.122 e. The van der Waals surface area contributed by atoms with Crippen LogP contribution in [0.2, 0.25) is 5.02 Å². The van der Waals surface area contributed by atoms with Crippen LogP contribution in [0.5, 0.6) is 5.75 Å². The van der Waals surface area contributed by atoms with E-state index in [4.69, 9.17) is 16.3 Å². The quantitative estimate of drug-likeness (QED) is 0.876. The Morgan fingerprint density at radius 2 is 2.38 bits per heavy atom. The van der Waals surface area contributed by atoms with E-state index < -0.39 is 0 Å². The zero-order valence-corrected chi connectivity index (χ0v) is 10.4. The molecule has 16 heavy (non-hydrogen) atoms. The van der Waals surface area contributed by atoms with E-state index in [9.17, 15) is 0 Å². The van der Waals surface area contributed by atoms with Crippen molar-refractivity contribution in [1.29, 1.82) is 0 Å². The molecule has 1 atom stereocenters. The Hall–Kier alpha value is -0.730. The number of aryl methyl sites for hydroxylation is 1. The van der Waals surface area contributed by atoms with E-state index in [1.807, 2.05) is 25.1 Å². The van der Waals surface area contributed by atoms with Gasteiger partial charge in [0.25, 0.3) is 0 Å². The number of hydrogen-bond acceptors (Lipinski definition) is 2.